The number of nitrogens with one attached hydrogen (secondary N) is 1. The van der Waals surface area contributed by atoms with Crippen molar-refractivity contribution < 1.29 is 24.2 Å². The molecule has 7 nitrogen and oxygen atoms in total. The second-order valence-corrected chi connectivity index (χ2v) is 8.79. The summed E-state index contributed by atoms with van der Waals surface area (Å²) in [7, 11) is 1.43. The fourth-order valence-corrected chi connectivity index (χ4v) is 4.42. The number of hydrogen-bond acceptors (Lipinski definition) is 6. The number of nitrogens with zero attached hydrogens (tertiary/aromatic N) is 1. The highest BCUT2D eigenvalue weighted by molar-refractivity contribution is 14.1. The van der Waals surface area contributed by atoms with Crippen LogP contribution in [0.3, 0.4) is 0 Å². The van der Waals surface area contributed by atoms with Crippen LogP contribution in [0.2, 0.25) is 0 Å². The molecule has 0 spiro atoms. The van der Waals surface area contributed by atoms with Gasteiger partial charge in [0.05, 0.1) is 15.6 Å². The number of halogens is 1. The average Bonchev–Trinajstić information content (AvgIpc) is 2.95. The van der Waals surface area contributed by atoms with E-state index >= 15 is 0 Å². The number of benzene rings is 2. The molecule has 0 aliphatic carbocycles. The number of phenolic OH excluding ortho intramolecular Hbond substituents is 1. The van der Waals surface area contributed by atoms with Crippen LogP contribution in [-0.2, 0) is 9.59 Å². The van der Waals surface area contributed by atoms with Crippen LogP contribution in [0.5, 0.6) is 11.5 Å². The maximum absolute atomic E-state index is 12.7. The molecule has 0 atom stereocenters. The average molecular weight is 538 g/mol. The van der Waals surface area contributed by atoms with Crippen molar-refractivity contribution in [1.29, 1.82) is 0 Å². The normalized spacial score (nSPS) is 15.1. The zero-order chi connectivity index (χ0) is 22.0. The summed E-state index contributed by atoms with van der Waals surface area (Å²) in [6.45, 7) is 3.38. The number of thioether (sulfide) groups is 1. The minimum atomic E-state index is -0.538. The second-order valence-electron chi connectivity index (χ2n) is 6.64. The third kappa shape index (κ3) is 4.62. The first-order chi connectivity index (χ1) is 14.2. The van der Waals surface area contributed by atoms with Gasteiger partial charge >= 0.3 is 0 Å². The number of aromatic hydroxyl groups is 1. The number of carbonyl (C=O) groups is 3. The zero-order valence-corrected chi connectivity index (χ0v) is 19.5. The molecule has 1 saturated heterocycles. The van der Waals surface area contributed by atoms with Crippen LogP contribution in [-0.4, -0.2) is 40.7 Å². The Hall–Kier alpha value is -2.53. The van der Waals surface area contributed by atoms with Gasteiger partial charge in [-0.15, -0.1) is 0 Å². The lowest BCUT2D eigenvalue weighted by molar-refractivity contribution is -0.127. The summed E-state index contributed by atoms with van der Waals surface area (Å²) in [5.74, 6) is -0.715. The summed E-state index contributed by atoms with van der Waals surface area (Å²) in [6, 6.07) is 8.87. The molecule has 9 heteroatoms. The molecule has 0 unspecified atom stereocenters. The van der Waals surface area contributed by atoms with Crippen LogP contribution in [0.15, 0.2) is 35.2 Å². The quantitative estimate of drug-likeness (QED) is 0.436. The predicted molar refractivity (Wildman–Crippen MR) is 125 cm³/mol. The number of methoxy groups -OCH3 is 1. The standard InChI is InChI=1S/C21H19IN2O5S/c1-11-5-4-6-12(2)18(11)23-17(25)10-24-20(27)16(30-21(24)28)9-13-7-14(22)19(26)15(8-13)29-3/h4-9,26H,10H2,1-3H3,(H,23,25)/b16-9+. The summed E-state index contributed by atoms with van der Waals surface area (Å²) in [6.07, 6.45) is 1.54. The van der Waals surface area contributed by atoms with Crippen molar-refractivity contribution in [2.75, 3.05) is 19.0 Å². The number of carbonyl (C=O) groups excluding carboxylic acids is 3. The molecule has 1 aliphatic rings. The molecule has 30 heavy (non-hydrogen) atoms. The Morgan fingerprint density at radius 2 is 1.93 bits per heavy atom. The third-order valence-corrected chi connectivity index (χ3v) is 6.22. The van der Waals surface area contributed by atoms with Crippen molar-refractivity contribution in [3.8, 4) is 11.5 Å². The van der Waals surface area contributed by atoms with Gasteiger partial charge in [-0.3, -0.25) is 19.3 Å². The number of hydrogen-bond donors (Lipinski definition) is 2. The fourth-order valence-electron chi connectivity index (χ4n) is 2.95. The number of aryl methyl sites for hydroxylation is 2. The summed E-state index contributed by atoms with van der Waals surface area (Å²) >= 11 is 2.72. The number of phenols is 1. The first-order valence-electron chi connectivity index (χ1n) is 8.89. The van der Waals surface area contributed by atoms with Crippen molar-refractivity contribution in [3.63, 3.8) is 0 Å². The van der Waals surface area contributed by atoms with Crippen LogP contribution in [0.4, 0.5) is 10.5 Å². The molecule has 2 aromatic carbocycles. The summed E-state index contributed by atoms with van der Waals surface area (Å²) in [5.41, 5.74) is 3.07. The van der Waals surface area contributed by atoms with E-state index in [0.29, 0.717) is 14.8 Å². The number of para-hydroxylation sites is 1. The molecule has 0 radical (unpaired) electrons. The van der Waals surface area contributed by atoms with Crippen molar-refractivity contribution in [1.82, 2.24) is 4.90 Å². The molecule has 1 heterocycles. The van der Waals surface area contributed by atoms with Gasteiger partial charge in [0.15, 0.2) is 11.5 Å². The number of rotatable bonds is 5. The molecule has 1 aliphatic heterocycles. The largest absolute Gasteiger partial charge is 0.504 e. The molecule has 3 amide bonds. The van der Waals surface area contributed by atoms with Gasteiger partial charge in [-0.25, -0.2) is 0 Å². The first-order valence-corrected chi connectivity index (χ1v) is 10.8. The van der Waals surface area contributed by atoms with E-state index in [0.717, 1.165) is 27.8 Å². The molecular weight excluding hydrogens is 519 g/mol. The zero-order valence-electron chi connectivity index (χ0n) is 16.5. The lowest BCUT2D eigenvalue weighted by atomic mass is 10.1. The Balaban J connectivity index is 1.77. The SMILES string of the molecule is COc1cc(/C=C2/SC(=O)N(CC(=O)Nc3c(C)cccc3C)C2=O)cc(I)c1O. The minimum absolute atomic E-state index is 0.00604. The van der Waals surface area contributed by atoms with E-state index in [2.05, 4.69) is 5.32 Å². The van der Waals surface area contributed by atoms with E-state index in [1.54, 1.807) is 18.2 Å². The summed E-state index contributed by atoms with van der Waals surface area (Å²) < 4.78 is 5.67. The molecule has 0 bridgehead atoms. The van der Waals surface area contributed by atoms with Gasteiger partial charge in [-0.2, -0.15) is 0 Å². The van der Waals surface area contributed by atoms with Gasteiger partial charge in [0.2, 0.25) is 5.91 Å². The Kier molecular flexibility index (Phi) is 6.71. The van der Waals surface area contributed by atoms with Crippen molar-refractivity contribution in [2.24, 2.45) is 0 Å². The number of imide groups is 1. The smallest absolute Gasteiger partial charge is 0.294 e. The van der Waals surface area contributed by atoms with E-state index in [4.69, 9.17) is 4.74 Å². The summed E-state index contributed by atoms with van der Waals surface area (Å²) in [5, 5.41) is 12.2. The Morgan fingerprint density at radius 1 is 1.27 bits per heavy atom. The summed E-state index contributed by atoms with van der Waals surface area (Å²) in [4.78, 5) is 38.6. The van der Waals surface area contributed by atoms with Crippen LogP contribution in [0, 0.1) is 17.4 Å². The second kappa shape index (κ2) is 9.09. The number of ether oxygens (including phenoxy) is 1. The van der Waals surface area contributed by atoms with Crippen LogP contribution >= 0.6 is 34.4 Å². The van der Waals surface area contributed by atoms with E-state index in [1.165, 1.54) is 7.11 Å². The Labute approximate surface area is 191 Å². The fraction of sp³-hybridized carbons (Fsp3) is 0.190. The maximum Gasteiger partial charge on any atom is 0.294 e. The van der Waals surface area contributed by atoms with Crippen LogP contribution in [0.1, 0.15) is 16.7 Å². The third-order valence-electron chi connectivity index (χ3n) is 4.49. The van der Waals surface area contributed by atoms with Gasteiger partial charge in [-0.1, -0.05) is 18.2 Å². The van der Waals surface area contributed by atoms with Gasteiger partial charge in [0.25, 0.3) is 11.1 Å². The molecule has 3 rings (SSSR count). The molecule has 2 N–H and O–H groups in total. The highest BCUT2D eigenvalue weighted by atomic mass is 127. The Bertz CT molecular complexity index is 1060. The number of amides is 3. The molecule has 0 aromatic heterocycles. The minimum Gasteiger partial charge on any atom is -0.504 e. The topological polar surface area (TPSA) is 95.9 Å². The maximum atomic E-state index is 12.7. The van der Waals surface area contributed by atoms with Gasteiger partial charge in [-0.05, 0) is 83.1 Å². The molecule has 1 fully saturated rings. The molecule has 156 valence electrons. The van der Waals surface area contributed by atoms with Gasteiger partial charge in [0, 0.05) is 5.69 Å². The van der Waals surface area contributed by atoms with Gasteiger partial charge < -0.3 is 15.2 Å². The van der Waals surface area contributed by atoms with Crippen molar-refractivity contribution in [2.45, 2.75) is 13.8 Å². The monoisotopic (exact) mass is 538 g/mol. The van der Waals surface area contributed by atoms with E-state index < -0.39 is 17.1 Å². The van der Waals surface area contributed by atoms with E-state index in [9.17, 15) is 19.5 Å². The predicted octanol–water partition coefficient (Wildman–Crippen LogP) is 4.30. The molecule has 2 aromatic rings. The van der Waals surface area contributed by atoms with Crippen LogP contribution in [0.25, 0.3) is 6.08 Å². The number of anilines is 1. The van der Waals surface area contributed by atoms with Crippen LogP contribution < -0.4 is 10.1 Å². The Morgan fingerprint density at radius 3 is 2.57 bits per heavy atom. The van der Waals surface area contributed by atoms with E-state index in [-0.39, 0.29) is 22.9 Å². The van der Waals surface area contributed by atoms with E-state index in [1.807, 2.05) is 54.6 Å². The highest BCUT2D eigenvalue weighted by Crippen LogP contribution is 2.36. The lowest BCUT2D eigenvalue weighted by Crippen LogP contribution is -2.36. The molecule has 0 saturated carbocycles. The highest BCUT2D eigenvalue weighted by Gasteiger charge is 2.36. The van der Waals surface area contributed by atoms with Crippen molar-refractivity contribution >= 4 is 63.2 Å². The lowest BCUT2D eigenvalue weighted by Gasteiger charge is -2.15. The first kappa shape index (κ1) is 22.2. The molecular formula is C21H19IN2O5S. The van der Waals surface area contributed by atoms with Crippen molar-refractivity contribution in [3.05, 3.63) is 55.5 Å². The van der Waals surface area contributed by atoms with Gasteiger partial charge in [0.1, 0.15) is 6.54 Å².